The first kappa shape index (κ1) is 13.4. The topological polar surface area (TPSA) is 32.3 Å². The number of carbonyl (C=O) groups is 1. The van der Waals surface area contributed by atoms with Crippen LogP contribution in [0.1, 0.15) is 19.4 Å². The Balaban J connectivity index is 2.13. The average molecular weight is 264 g/mol. The van der Waals surface area contributed by atoms with E-state index >= 15 is 0 Å². The Morgan fingerprint density at radius 2 is 2.11 bits per heavy atom. The number of nitrogens with one attached hydrogen (secondary N) is 1. The number of carbonyl (C=O) groups excluding carboxylic acids is 1. The fourth-order valence-corrected chi connectivity index (χ4v) is 2.84. The number of hydrogen-bond donors (Lipinski definition) is 1. The molecule has 2 rings (SSSR count). The molecule has 0 bridgehead atoms. The Hall–Kier alpha value is -1.00. The van der Waals surface area contributed by atoms with E-state index in [0.717, 1.165) is 24.5 Å². The summed E-state index contributed by atoms with van der Waals surface area (Å²) in [5.41, 5.74) is 2.27. The highest BCUT2D eigenvalue weighted by Gasteiger charge is 2.21. The molecular formula is C14H20N2OS. The molecule has 1 aliphatic heterocycles. The van der Waals surface area contributed by atoms with Crippen molar-refractivity contribution in [3.8, 4) is 0 Å². The van der Waals surface area contributed by atoms with E-state index in [1.54, 1.807) is 0 Å². The molecule has 0 spiro atoms. The first-order valence-corrected chi connectivity index (χ1v) is 7.44. The van der Waals surface area contributed by atoms with E-state index in [4.69, 9.17) is 0 Å². The molecule has 98 valence electrons. The van der Waals surface area contributed by atoms with Gasteiger partial charge < -0.3 is 10.2 Å². The van der Waals surface area contributed by atoms with Crippen LogP contribution in [-0.4, -0.2) is 30.0 Å². The van der Waals surface area contributed by atoms with Gasteiger partial charge in [-0.15, -0.1) is 0 Å². The summed E-state index contributed by atoms with van der Waals surface area (Å²) in [5.74, 6) is 1.15. The van der Waals surface area contributed by atoms with Gasteiger partial charge in [0.25, 0.3) is 0 Å². The number of rotatable bonds is 4. The standard InChI is InChI=1S/C14H20N2OS/c1-11(2)18-8-7-16-13-6-4-3-5-12(13)9-15-10-14(16)17/h3-6,11,15H,7-10H2,1-2H3. The monoisotopic (exact) mass is 264 g/mol. The second-order valence-electron chi connectivity index (χ2n) is 4.70. The van der Waals surface area contributed by atoms with Crippen molar-refractivity contribution >= 4 is 23.4 Å². The number of hydrogen-bond acceptors (Lipinski definition) is 3. The Morgan fingerprint density at radius 1 is 1.33 bits per heavy atom. The van der Waals surface area contributed by atoms with Gasteiger partial charge in [-0.3, -0.25) is 4.79 Å². The third kappa shape index (κ3) is 3.27. The zero-order valence-electron chi connectivity index (χ0n) is 11.0. The summed E-state index contributed by atoms with van der Waals surface area (Å²) in [7, 11) is 0. The van der Waals surface area contributed by atoms with Crippen molar-refractivity contribution in [2.75, 3.05) is 23.7 Å². The lowest BCUT2D eigenvalue weighted by Gasteiger charge is -2.22. The minimum atomic E-state index is 0.171. The molecule has 1 heterocycles. The molecule has 1 aliphatic rings. The zero-order chi connectivity index (χ0) is 13.0. The van der Waals surface area contributed by atoms with Gasteiger partial charge in [-0.25, -0.2) is 0 Å². The number of para-hydroxylation sites is 1. The van der Waals surface area contributed by atoms with E-state index in [-0.39, 0.29) is 5.91 Å². The molecule has 0 fully saturated rings. The Bertz CT molecular complexity index is 420. The van der Waals surface area contributed by atoms with Crippen molar-refractivity contribution < 1.29 is 4.79 Å². The number of amides is 1. The van der Waals surface area contributed by atoms with E-state index < -0.39 is 0 Å². The Morgan fingerprint density at radius 3 is 2.89 bits per heavy atom. The molecular weight excluding hydrogens is 244 g/mol. The quantitative estimate of drug-likeness (QED) is 0.905. The molecule has 0 unspecified atom stereocenters. The van der Waals surface area contributed by atoms with Crippen molar-refractivity contribution in [3.63, 3.8) is 0 Å². The normalized spacial score (nSPS) is 15.7. The summed E-state index contributed by atoms with van der Waals surface area (Å²) in [4.78, 5) is 14.0. The van der Waals surface area contributed by atoms with E-state index in [9.17, 15) is 4.79 Å². The summed E-state index contributed by atoms with van der Waals surface area (Å²) in [6, 6.07) is 8.15. The molecule has 0 atom stereocenters. The average Bonchev–Trinajstić information content (AvgIpc) is 2.49. The van der Waals surface area contributed by atoms with Gasteiger partial charge in [0.1, 0.15) is 0 Å². The van der Waals surface area contributed by atoms with Crippen molar-refractivity contribution in [3.05, 3.63) is 29.8 Å². The van der Waals surface area contributed by atoms with E-state index in [0.29, 0.717) is 11.8 Å². The summed E-state index contributed by atoms with van der Waals surface area (Å²) in [5, 5.41) is 3.80. The number of nitrogens with zero attached hydrogens (tertiary/aromatic N) is 1. The van der Waals surface area contributed by atoms with E-state index in [1.165, 1.54) is 5.56 Å². The van der Waals surface area contributed by atoms with Crippen molar-refractivity contribution in [2.45, 2.75) is 25.6 Å². The van der Waals surface area contributed by atoms with E-state index in [2.05, 4.69) is 25.2 Å². The third-order valence-electron chi connectivity index (χ3n) is 2.94. The molecule has 0 saturated carbocycles. The second-order valence-corrected chi connectivity index (χ2v) is 6.38. The predicted molar refractivity (Wildman–Crippen MR) is 78.1 cm³/mol. The maximum Gasteiger partial charge on any atom is 0.240 e. The summed E-state index contributed by atoms with van der Waals surface area (Å²) >= 11 is 1.89. The van der Waals surface area contributed by atoms with Gasteiger partial charge in [0.15, 0.2) is 0 Å². The molecule has 0 radical (unpaired) electrons. The highest BCUT2D eigenvalue weighted by Crippen LogP contribution is 2.23. The third-order valence-corrected chi connectivity index (χ3v) is 4.03. The maximum absolute atomic E-state index is 12.1. The first-order chi connectivity index (χ1) is 8.68. The number of thioether (sulfide) groups is 1. The van der Waals surface area contributed by atoms with Gasteiger partial charge in [-0.1, -0.05) is 32.0 Å². The predicted octanol–water partition coefficient (Wildman–Crippen LogP) is 2.26. The molecule has 0 aromatic heterocycles. The van der Waals surface area contributed by atoms with Crippen molar-refractivity contribution in [1.29, 1.82) is 0 Å². The van der Waals surface area contributed by atoms with Crippen LogP contribution in [0.5, 0.6) is 0 Å². The van der Waals surface area contributed by atoms with Crippen LogP contribution in [0.2, 0.25) is 0 Å². The molecule has 1 aromatic carbocycles. The van der Waals surface area contributed by atoms with Crippen LogP contribution < -0.4 is 10.2 Å². The van der Waals surface area contributed by atoms with Gasteiger partial charge in [-0.05, 0) is 16.9 Å². The van der Waals surface area contributed by atoms with Crippen LogP contribution in [0.4, 0.5) is 5.69 Å². The molecule has 0 aliphatic carbocycles. The first-order valence-electron chi connectivity index (χ1n) is 6.39. The van der Waals surface area contributed by atoms with Crippen LogP contribution >= 0.6 is 11.8 Å². The minimum absolute atomic E-state index is 0.171. The van der Waals surface area contributed by atoms with Crippen LogP contribution in [0, 0.1) is 0 Å². The summed E-state index contributed by atoms with van der Waals surface area (Å²) in [6.45, 7) is 6.37. The minimum Gasteiger partial charge on any atom is -0.310 e. The molecule has 3 nitrogen and oxygen atoms in total. The summed E-state index contributed by atoms with van der Waals surface area (Å²) in [6.07, 6.45) is 0. The van der Waals surface area contributed by atoms with Crippen molar-refractivity contribution in [1.82, 2.24) is 5.32 Å². The Labute approximate surface area is 113 Å². The lowest BCUT2D eigenvalue weighted by Crippen LogP contribution is -2.37. The molecule has 18 heavy (non-hydrogen) atoms. The number of fused-ring (bicyclic) bond motifs is 1. The highest BCUT2D eigenvalue weighted by molar-refractivity contribution is 7.99. The lowest BCUT2D eigenvalue weighted by atomic mass is 10.1. The van der Waals surface area contributed by atoms with Crippen LogP contribution in [-0.2, 0) is 11.3 Å². The molecule has 1 amide bonds. The lowest BCUT2D eigenvalue weighted by molar-refractivity contribution is -0.117. The fourth-order valence-electron chi connectivity index (χ4n) is 2.08. The smallest absolute Gasteiger partial charge is 0.240 e. The van der Waals surface area contributed by atoms with Gasteiger partial charge in [-0.2, -0.15) is 11.8 Å². The SMILES string of the molecule is CC(C)SCCN1C(=O)CNCc2ccccc21. The molecule has 1 aromatic rings. The van der Waals surface area contributed by atoms with Gasteiger partial charge in [0.2, 0.25) is 5.91 Å². The highest BCUT2D eigenvalue weighted by atomic mass is 32.2. The van der Waals surface area contributed by atoms with E-state index in [1.807, 2.05) is 34.9 Å². The fraction of sp³-hybridized carbons (Fsp3) is 0.500. The molecule has 0 saturated heterocycles. The largest absolute Gasteiger partial charge is 0.310 e. The van der Waals surface area contributed by atoms with Gasteiger partial charge >= 0.3 is 0 Å². The van der Waals surface area contributed by atoms with Crippen LogP contribution in [0.15, 0.2) is 24.3 Å². The van der Waals surface area contributed by atoms with Gasteiger partial charge in [0, 0.05) is 24.5 Å². The number of benzene rings is 1. The second kappa shape index (κ2) is 6.25. The number of anilines is 1. The van der Waals surface area contributed by atoms with Crippen LogP contribution in [0.25, 0.3) is 0 Å². The zero-order valence-corrected chi connectivity index (χ0v) is 11.8. The van der Waals surface area contributed by atoms with Gasteiger partial charge in [0.05, 0.1) is 6.54 Å². The molecule has 4 heteroatoms. The summed E-state index contributed by atoms with van der Waals surface area (Å²) < 4.78 is 0. The van der Waals surface area contributed by atoms with Crippen molar-refractivity contribution in [2.24, 2.45) is 0 Å². The Kier molecular flexibility index (Phi) is 4.66. The molecule has 1 N–H and O–H groups in total. The maximum atomic E-state index is 12.1. The van der Waals surface area contributed by atoms with Crippen LogP contribution in [0.3, 0.4) is 0 Å².